The minimum Gasteiger partial charge on any atom is -0.493 e. The Kier molecular flexibility index (Phi) is 8.43. The van der Waals surface area contributed by atoms with E-state index in [-0.39, 0.29) is 36.0 Å². The molecule has 0 bridgehead atoms. The van der Waals surface area contributed by atoms with E-state index < -0.39 is 11.8 Å². The maximum absolute atomic E-state index is 12.2. The fourth-order valence-electron chi connectivity index (χ4n) is 4.29. The highest BCUT2D eigenvalue weighted by molar-refractivity contribution is 6.32. The van der Waals surface area contributed by atoms with Crippen molar-refractivity contribution in [2.45, 2.75) is 52.6 Å². The molecule has 0 spiro atoms. The quantitative estimate of drug-likeness (QED) is 0.160. The van der Waals surface area contributed by atoms with Crippen LogP contribution in [0.1, 0.15) is 39.5 Å². The van der Waals surface area contributed by atoms with E-state index in [1.165, 1.54) is 0 Å². The number of aromatic nitrogens is 2. The van der Waals surface area contributed by atoms with Gasteiger partial charge in [0.1, 0.15) is 0 Å². The molecule has 0 radical (unpaired) electrons. The zero-order chi connectivity index (χ0) is 27.4. The molecule has 0 saturated heterocycles. The van der Waals surface area contributed by atoms with Crippen LogP contribution in [0, 0.1) is 0 Å². The third-order valence-electron chi connectivity index (χ3n) is 6.13. The monoisotopic (exact) mass is 556 g/mol. The first-order chi connectivity index (χ1) is 18.2. The first kappa shape index (κ1) is 27.3. The smallest absolute Gasteiger partial charge is 0.264 e. The molecule has 2 aromatic carbocycles. The van der Waals surface area contributed by atoms with Crippen molar-refractivity contribution < 1.29 is 19.8 Å². The maximum Gasteiger partial charge on any atom is 0.264 e. The summed E-state index contributed by atoms with van der Waals surface area (Å²) < 4.78 is 3.30. The lowest BCUT2D eigenvalue weighted by molar-refractivity contribution is -0.120. The Balaban J connectivity index is 1.33. The summed E-state index contributed by atoms with van der Waals surface area (Å²) in [4.78, 5) is 24.5. The Morgan fingerprint density at radius 1 is 0.737 bits per heavy atom. The molecule has 2 amide bonds. The van der Waals surface area contributed by atoms with Crippen LogP contribution in [0.5, 0.6) is 11.8 Å². The van der Waals surface area contributed by atoms with Gasteiger partial charge in [0.15, 0.2) is 11.4 Å². The highest BCUT2D eigenvalue weighted by Crippen LogP contribution is 2.41. The van der Waals surface area contributed by atoms with E-state index in [1.54, 1.807) is 45.5 Å². The number of halogens is 2. The summed E-state index contributed by atoms with van der Waals surface area (Å²) in [6, 6.07) is 10.3. The number of hydrogen-bond donors (Lipinski definition) is 2. The molecular formula is C26H26Cl2N6O4. The van der Waals surface area contributed by atoms with Gasteiger partial charge in [0.2, 0.25) is 11.8 Å². The summed E-state index contributed by atoms with van der Waals surface area (Å²) in [6.45, 7) is 4.77. The van der Waals surface area contributed by atoms with Crippen LogP contribution in [-0.4, -0.2) is 31.2 Å². The Bertz CT molecular complexity index is 1470. The summed E-state index contributed by atoms with van der Waals surface area (Å²) in [6.07, 6.45) is 0.934. The number of aromatic hydroxyl groups is 2. The van der Waals surface area contributed by atoms with E-state index in [9.17, 15) is 19.8 Å². The Labute approximate surface area is 228 Å². The predicted octanol–water partition coefficient (Wildman–Crippen LogP) is 7.84. The number of carbonyl (C=O) groups excluding carboxylic acids is 2. The topological polar surface area (TPSA) is 134 Å². The number of aryl methyl sites for hydroxylation is 2. The molecule has 12 heteroatoms. The van der Waals surface area contributed by atoms with Crippen LogP contribution in [-0.2, 0) is 22.7 Å². The van der Waals surface area contributed by atoms with Crippen LogP contribution >= 0.6 is 23.2 Å². The van der Waals surface area contributed by atoms with Crippen molar-refractivity contribution >= 4 is 68.2 Å². The molecule has 0 aliphatic rings. The summed E-state index contributed by atoms with van der Waals surface area (Å²) in [7, 11) is 0. The summed E-state index contributed by atoms with van der Waals surface area (Å²) in [5, 5.41) is 38.6. The van der Waals surface area contributed by atoms with Crippen molar-refractivity contribution in [3.8, 4) is 11.8 Å². The first-order valence-corrected chi connectivity index (χ1v) is 12.9. The Hall–Kier alpha value is -3.76. The molecular weight excluding hydrogens is 531 g/mol. The zero-order valence-electron chi connectivity index (χ0n) is 20.9. The second kappa shape index (κ2) is 11.7. The minimum atomic E-state index is -0.480. The normalized spacial score (nSPS) is 12.0. The predicted molar refractivity (Wildman–Crippen MR) is 146 cm³/mol. The van der Waals surface area contributed by atoms with Gasteiger partial charge in [-0.3, -0.25) is 9.59 Å². The van der Waals surface area contributed by atoms with Gasteiger partial charge in [-0.25, -0.2) is 0 Å². The Morgan fingerprint density at radius 3 is 1.50 bits per heavy atom. The summed E-state index contributed by atoms with van der Waals surface area (Å²) in [5.41, 5.74) is 1.84. The van der Waals surface area contributed by atoms with Gasteiger partial charge in [-0.15, -0.1) is 20.5 Å². The molecule has 0 fully saturated rings. The van der Waals surface area contributed by atoms with Crippen molar-refractivity contribution in [3.05, 3.63) is 46.4 Å². The molecule has 4 aromatic rings. The number of azo groups is 2. The van der Waals surface area contributed by atoms with Crippen molar-refractivity contribution in [1.29, 1.82) is 0 Å². The minimum absolute atomic E-state index is 0.0745. The number of benzene rings is 2. The third-order valence-corrected chi connectivity index (χ3v) is 6.60. The van der Waals surface area contributed by atoms with Crippen LogP contribution in [0.15, 0.2) is 56.9 Å². The molecule has 0 aliphatic carbocycles. The number of hydrogen-bond acceptors (Lipinski definition) is 6. The van der Waals surface area contributed by atoms with Gasteiger partial charge < -0.3 is 19.3 Å². The molecule has 0 unspecified atom stereocenters. The van der Waals surface area contributed by atoms with Gasteiger partial charge in [-0.2, -0.15) is 0 Å². The molecule has 2 aromatic heterocycles. The molecule has 4 rings (SSSR count). The lowest BCUT2D eigenvalue weighted by Gasteiger charge is -2.01. The lowest BCUT2D eigenvalue weighted by atomic mass is 10.2. The Morgan fingerprint density at radius 2 is 1.13 bits per heavy atom. The average Bonchev–Trinajstić information content (AvgIpc) is 3.31. The first-order valence-electron chi connectivity index (χ1n) is 12.2. The van der Waals surface area contributed by atoms with Crippen molar-refractivity contribution in [3.63, 3.8) is 0 Å². The van der Waals surface area contributed by atoms with Gasteiger partial charge in [0.05, 0.1) is 11.0 Å². The SMILES string of the molecule is CCn1c(O)c(N=NC(=O)CCCCC(=O)N=Nc2c(O)n(CC)c3ccc(Cl)cc23)c2cc(Cl)ccc21. The number of rotatable bonds is 9. The van der Waals surface area contributed by atoms with E-state index in [2.05, 4.69) is 20.5 Å². The van der Waals surface area contributed by atoms with Crippen LogP contribution in [0.25, 0.3) is 21.8 Å². The number of amides is 2. The van der Waals surface area contributed by atoms with E-state index in [0.29, 0.717) is 46.7 Å². The summed E-state index contributed by atoms with van der Waals surface area (Å²) in [5.74, 6) is -1.14. The molecule has 198 valence electrons. The number of unbranched alkanes of at least 4 members (excludes halogenated alkanes) is 1. The van der Waals surface area contributed by atoms with E-state index in [4.69, 9.17) is 23.2 Å². The van der Waals surface area contributed by atoms with E-state index >= 15 is 0 Å². The van der Waals surface area contributed by atoms with Crippen molar-refractivity contribution in [2.24, 2.45) is 20.5 Å². The highest BCUT2D eigenvalue weighted by atomic mass is 35.5. The van der Waals surface area contributed by atoms with Crippen LogP contribution < -0.4 is 0 Å². The van der Waals surface area contributed by atoms with Gasteiger partial charge in [0, 0.05) is 46.7 Å². The van der Waals surface area contributed by atoms with Gasteiger partial charge in [0.25, 0.3) is 11.8 Å². The summed E-state index contributed by atoms with van der Waals surface area (Å²) >= 11 is 12.2. The highest BCUT2D eigenvalue weighted by Gasteiger charge is 2.18. The maximum atomic E-state index is 12.2. The number of fused-ring (bicyclic) bond motifs is 2. The third kappa shape index (κ3) is 5.56. The van der Waals surface area contributed by atoms with Gasteiger partial charge in [-0.1, -0.05) is 23.2 Å². The second-order valence-electron chi connectivity index (χ2n) is 8.55. The molecule has 0 aliphatic heterocycles. The van der Waals surface area contributed by atoms with Gasteiger partial charge in [-0.05, 0) is 63.1 Å². The fraction of sp³-hybridized carbons (Fsp3) is 0.308. The van der Waals surface area contributed by atoms with Crippen molar-refractivity contribution in [2.75, 3.05) is 0 Å². The van der Waals surface area contributed by atoms with E-state index in [0.717, 1.165) is 11.0 Å². The molecule has 0 saturated carbocycles. The molecule has 2 heterocycles. The average molecular weight is 557 g/mol. The van der Waals surface area contributed by atoms with Gasteiger partial charge >= 0.3 is 0 Å². The van der Waals surface area contributed by atoms with E-state index in [1.807, 2.05) is 13.8 Å². The molecule has 0 atom stereocenters. The lowest BCUT2D eigenvalue weighted by Crippen LogP contribution is -1.95. The number of carbonyl (C=O) groups is 2. The zero-order valence-corrected chi connectivity index (χ0v) is 22.4. The second-order valence-corrected chi connectivity index (χ2v) is 9.42. The number of nitrogens with zero attached hydrogens (tertiary/aromatic N) is 6. The molecule has 38 heavy (non-hydrogen) atoms. The molecule has 2 N–H and O–H groups in total. The van der Waals surface area contributed by atoms with Crippen LogP contribution in [0.4, 0.5) is 11.4 Å². The fourth-order valence-corrected chi connectivity index (χ4v) is 4.64. The largest absolute Gasteiger partial charge is 0.493 e. The van der Waals surface area contributed by atoms with Crippen LogP contribution in [0.3, 0.4) is 0 Å². The molecule has 10 nitrogen and oxygen atoms in total. The standard InChI is InChI=1S/C26H26Cl2N6O4/c1-3-33-19-11-9-15(27)13-17(19)23(25(33)37)31-29-21(35)7-5-6-8-22(36)30-32-24-18-14-16(28)10-12-20(18)34(4-2)26(24)38/h9-14,37-38H,3-8H2,1-2H3. The van der Waals surface area contributed by atoms with Crippen LogP contribution in [0.2, 0.25) is 10.0 Å². The van der Waals surface area contributed by atoms with Crippen molar-refractivity contribution in [1.82, 2.24) is 9.13 Å².